The summed E-state index contributed by atoms with van der Waals surface area (Å²) < 4.78 is 25.9. The van der Waals surface area contributed by atoms with Gasteiger partial charge in [0.2, 0.25) is 5.88 Å². The molecule has 1 saturated carbocycles. The Bertz CT molecular complexity index is 931. The molecule has 4 heterocycles. The zero-order chi connectivity index (χ0) is 20.7. The number of anilines is 2. The van der Waals surface area contributed by atoms with Crippen LogP contribution in [0.15, 0.2) is 30.6 Å². The first-order valence-electron chi connectivity index (χ1n) is 10.2. The van der Waals surface area contributed by atoms with Gasteiger partial charge >= 0.3 is 0 Å². The molecule has 1 atom stereocenters. The van der Waals surface area contributed by atoms with E-state index in [1.54, 1.807) is 23.2 Å². The number of halogens is 1. The molecule has 2 aromatic rings. The number of β-amino-alcohol motifs (C(OH)–C–C–N with tert-alkyl or cyclic N) is 1. The van der Waals surface area contributed by atoms with Crippen LogP contribution >= 0.6 is 0 Å². The summed E-state index contributed by atoms with van der Waals surface area (Å²) in [5, 5.41) is 9.38. The van der Waals surface area contributed by atoms with E-state index in [2.05, 4.69) is 9.97 Å². The van der Waals surface area contributed by atoms with Crippen molar-refractivity contribution in [3.05, 3.63) is 36.4 Å². The summed E-state index contributed by atoms with van der Waals surface area (Å²) in [4.78, 5) is 24.3. The van der Waals surface area contributed by atoms with Crippen molar-refractivity contribution in [3.8, 4) is 11.6 Å². The number of aromatic nitrogens is 2. The molecule has 0 radical (unpaired) electrons. The van der Waals surface area contributed by atoms with Gasteiger partial charge in [-0.1, -0.05) is 0 Å². The highest BCUT2D eigenvalue weighted by Gasteiger charge is 2.35. The predicted octanol–water partition coefficient (Wildman–Crippen LogP) is 1.77. The van der Waals surface area contributed by atoms with E-state index in [9.17, 15) is 14.3 Å². The molecule has 1 aliphatic carbocycles. The Hall–Kier alpha value is -2.94. The molecule has 30 heavy (non-hydrogen) atoms. The summed E-state index contributed by atoms with van der Waals surface area (Å²) in [5.74, 6) is 1.13. The first-order valence-corrected chi connectivity index (χ1v) is 10.2. The smallest absolute Gasteiger partial charge is 0.268 e. The van der Waals surface area contributed by atoms with Crippen molar-refractivity contribution in [2.75, 3.05) is 36.0 Å². The van der Waals surface area contributed by atoms with Gasteiger partial charge in [-0.25, -0.2) is 14.4 Å². The molecular weight excluding hydrogens is 391 g/mol. The van der Waals surface area contributed by atoms with Crippen LogP contribution in [-0.2, 0) is 4.79 Å². The molecule has 8 nitrogen and oxygen atoms in total. The Morgan fingerprint density at radius 1 is 1.17 bits per heavy atom. The van der Waals surface area contributed by atoms with Gasteiger partial charge in [-0.2, -0.15) is 0 Å². The van der Waals surface area contributed by atoms with Gasteiger partial charge in [-0.3, -0.25) is 4.79 Å². The number of amides is 1. The van der Waals surface area contributed by atoms with E-state index in [1.807, 2.05) is 0 Å². The Kier molecular flexibility index (Phi) is 4.90. The van der Waals surface area contributed by atoms with Crippen LogP contribution in [0.5, 0.6) is 11.6 Å². The Morgan fingerprint density at radius 2 is 2.00 bits per heavy atom. The number of rotatable bonds is 7. The average Bonchev–Trinajstić information content (AvgIpc) is 3.48. The second kappa shape index (κ2) is 7.71. The summed E-state index contributed by atoms with van der Waals surface area (Å²) in [7, 11) is 0. The predicted molar refractivity (Wildman–Crippen MR) is 106 cm³/mol. The lowest BCUT2D eigenvalue weighted by atomic mass is 10.1. The maximum absolute atomic E-state index is 14.5. The SMILES string of the molecule is O=C1[C@H](Oc2ccc(OCC3CC3)nc2)CCN1c1cnc(N2CC(O)C2)c(F)c1. The lowest BCUT2D eigenvalue weighted by Crippen LogP contribution is -2.51. The molecule has 2 aromatic heterocycles. The molecule has 0 bridgehead atoms. The first kappa shape index (κ1) is 19.0. The Morgan fingerprint density at radius 3 is 2.67 bits per heavy atom. The summed E-state index contributed by atoms with van der Waals surface area (Å²) in [6, 6.07) is 4.78. The molecule has 3 aliphatic rings. The highest BCUT2D eigenvalue weighted by Crippen LogP contribution is 2.30. The van der Waals surface area contributed by atoms with E-state index in [0.29, 0.717) is 55.9 Å². The molecule has 0 aromatic carbocycles. The molecule has 1 N–H and O–H groups in total. The van der Waals surface area contributed by atoms with Crippen molar-refractivity contribution < 1.29 is 23.8 Å². The van der Waals surface area contributed by atoms with Gasteiger partial charge in [0, 0.05) is 38.2 Å². The van der Waals surface area contributed by atoms with Crippen LogP contribution in [0.4, 0.5) is 15.9 Å². The van der Waals surface area contributed by atoms with Crippen LogP contribution in [0.25, 0.3) is 0 Å². The van der Waals surface area contributed by atoms with Gasteiger partial charge in [0.1, 0.15) is 5.75 Å². The van der Waals surface area contributed by atoms with E-state index in [4.69, 9.17) is 9.47 Å². The van der Waals surface area contributed by atoms with Gasteiger partial charge < -0.3 is 24.4 Å². The minimum atomic E-state index is -0.654. The minimum absolute atomic E-state index is 0.193. The summed E-state index contributed by atoms with van der Waals surface area (Å²) in [6.45, 7) is 1.83. The fourth-order valence-corrected chi connectivity index (χ4v) is 3.62. The molecule has 1 amide bonds. The standard InChI is InChI=1S/C21H23FN4O4/c22-17-7-14(8-24-20(17)25-10-15(27)11-25)26-6-5-18(21(26)28)30-16-3-4-19(23-9-16)29-12-13-1-2-13/h3-4,7-9,13,15,18,27H,1-2,5-6,10-12H2/t18-/m1/s1. The van der Waals surface area contributed by atoms with E-state index in [0.717, 1.165) is 0 Å². The van der Waals surface area contributed by atoms with Crippen molar-refractivity contribution in [2.24, 2.45) is 5.92 Å². The van der Waals surface area contributed by atoms with Crippen molar-refractivity contribution in [1.29, 1.82) is 0 Å². The maximum Gasteiger partial charge on any atom is 0.268 e. The van der Waals surface area contributed by atoms with E-state index in [1.165, 1.54) is 30.0 Å². The second-order valence-electron chi connectivity index (χ2n) is 8.03. The number of hydrogen-bond acceptors (Lipinski definition) is 7. The quantitative estimate of drug-likeness (QED) is 0.739. The third kappa shape index (κ3) is 3.89. The van der Waals surface area contributed by atoms with Crippen LogP contribution in [-0.4, -0.2) is 59.4 Å². The summed E-state index contributed by atoms with van der Waals surface area (Å²) >= 11 is 0. The first-order chi connectivity index (χ1) is 14.6. The lowest BCUT2D eigenvalue weighted by molar-refractivity contribution is -0.122. The fraction of sp³-hybridized carbons (Fsp3) is 0.476. The van der Waals surface area contributed by atoms with Crippen molar-refractivity contribution in [3.63, 3.8) is 0 Å². The third-order valence-electron chi connectivity index (χ3n) is 5.59. The molecule has 3 fully saturated rings. The number of hydrogen-bond donors (Lipinski definition) is 1. The van der Waals surface area contributed by atoms with Crippen LogP contribution in [0.3, 0.4) is 0 Å². The highest BCUT2D eigenvalue weighted by molar-refractivity contribution is 5.99. The van der Waals surface area contributed by atoms with Gasteiger partial charge in [0.25, 0.3) is 5.91 Å². The highest BCUT2D eigenvalue weighted by atomic mass is 19.1. The van der Waals surface area contributed by atoms with Crippen LogP contribution in [0, 0.1) is 11.7 Å². The van der Waals surface area contributed by atoms with Gasteiger partial charge in [0.05, 0.1) is 30.8 Å². The number of aliphatic hydroxyl groups excluding tert-OH is 1. The Balaban J connectivity index is 1.20. The van der Waals surface area contributed by atoms with E-state index < -0.39 is 18.0 Å². The number of nitrogens with zero attached hydrogens (tertiary/aromatic N) is 4. The second-order valence-corrected chi connectivity index (χ2v) is 8.03. The zero-order valence-electron chi connectivity index (χ0n) is 16.4. The van der Waals surface area contributed by atoms with Crippen molar-refractivity contribution >= 4 is 17.4 Å². The monoisotopic (exact) mass is 414 g/mol. The average molecular weight is 414 g/mol. The fourth-order valence-electron chi connectivity index (χ4n) is 3.62. The molecule has 158 valence electrons. The number of carbonyl (C=O) groups is 1. The number of aliphatic hydroxyl groups is 1. The topological polar surface area (TPSA) is 88.0 Å². The van der Waals surface area contributed by atoms with Gasteiger partial charge in [0.15, 0.2) is 17.7 Å². The Labute approximate surface area is 173 Å². The van der Waals surface area contributed by atoms with E-state index in [-0.39, 0.29) is 11.7 Å². The zero-order valence-corrected chi connectivity index (χ0v) is 16.4. The number of pyridine rings is 2. The van der Waals surface area contributed by atoms with Gasteiger partial charge in [-0.05, 0) is 24.8 Å². The van der Waals surface area contributed by atoms with Gasteiger partial charge in [-0.15, -0.1) is 0 Å². The molecule has 2 aliphatic heterocycles. The van der Waals surface area contributed by atoms with E-state index >= 15 is 0 Å². The third-order valence-corrected chi connectivity index (χ3v) is 5.59. The van der Waals surface area contributed by atoms with Crippen LogP contribution < -0.4 is 19.3 Å². The minimum Gasteiger partial charge on any atom is -0.479 e. The summed E-state index contributed by atoms with van der Waals surface area (Å²) in [5.41, 5.74) is 0.398. The molecule has 0 unspecified atom stereocenters. The molecule has 9 heteroatoms. The van der Waals surface area contributed by atoms with Crippen LogP contribution in [0.2, 0.25) is 0 Å². The lowest BCUT2D eigenvalue weighted by Gasteiger charge is -2.37. The largest absolute Gasteiger partial charge is 0.479 e. The van der Waals surface area contributed by atoms with Crippen molar-refractivity contribution in [1.82, 2.24) is 9.97 Å². The maximum atomic E-state index is 14.5. The molecule has 5 rings (SSSR count). The molecular formula is C21H23FN4O4. The van der Waals surface area contributed by atoms with Crippen molar-refractivity contribution in [2.45, 2.75) is 31.5 Å². The number of ether oxygens (including phenoxy) is 2. The number of carbonyl (C=O) groups excluding carboxylic acids is 1. The summed E-state index contributed by atoms with van der Waals surface area (Å²) in [6.07, 6.45) is 4.85. The molecule has 2 saturated heterocycles. The van der Waals surface area contributed by atoms with Crippen LogP contribution in [0.1, 0.15) is 19.3 Å². The molecule has 0 spiro atoms. The normalized spacial score (nSPS) is 21.7.